The van der Waals surface area contributed by atoms with Crippen LogP contribution in [0.1, 0.15) is 62.1 Å². The Kier molecular flexibility index (Phi) is 7.26. The Morgan fingerprint density at radius 2 is 2.00 bits per heavy atom. The Labute approximate surface area is 198 Å². The van der Waals surface area contributed by atoms with Gasteiger partial charge >= 0.3 is 5.97 Å². The highest BCUT2D eigenvalue weighted by atomic mass is 32.2. The molecule has 2 aliphatic heterocycles. The molecule has 178 valence electrons. The first-order chi connectivity index (χ1) is 15.8. The largest absolute Gasteiger partial charge is 0.593 e. The summed E-state index contributed by atoms with van der Waals surface area (Å²) in [5.41, 5.74) is 1.91. The third kappa shape index (κ3) is 5.50. The van der Waals surface area contributed by atoms with Gasteiger partial charge in [-0.3, -0.25) is 14.6 Å². The van der Waals surface area contributed by atoms with Crippen LogP contribution < -0.4 is 5.32 Å². The molecule has 1 spiro atoms. The summed E-state index contributed by atoms with van der Waals surface area (Å²) in [6, 6.07) is 5.50. The zero-order valence-corrected chi connectivity index (χ0v) is 20.2. The van der Waals surface area contributed by atoms with Crippen molar-refractivity contribution in [1.82, 2.24) is 9.62 Å². The van der Waals surface area contributed by atoms with Crippen LogP contribution in [0.15, 0.2) is 28.6 Å². The van der Waals surface area contributed by atoms with Crippen LogP contribution in [0, 0.1) is 18.8 Å². The number of nitrogens with one attached hydrogen (secondary N) is 1. The summed E-state index contributed by atoms with van der Waals surface area (Å²) in [7, 11) is 0. The number of benzene rings is 1. The summed E-state index contributed by atoms with van der Waals surface area (Å²) in [6.07, 6.45) is 7.53. The number of amides is 1. The van der Waals surface area contributed by atoms with Crippen molar-refractivity contribution in [3.05, 3.63) is 40.3 Å². The predicted molar refractivity (Wildman–Crippen MR) is 130 cm³/mol. The number of carboxylic acids is 1. The van der Waals surface area contributed by atoms with E-state index in [4.69, 9.17) is 10.1 Å². The first kappa shape index (κ1) is 24.0. The first-order valence-corrected chi connectivity index (χ1v) is 13.0. The number of nitrogens with zero attached hydrogens (tertiary/aromatic N) is 2. The van der Waals surface area contributed by atoms with E-state index in [0.717, 1.165) is 41.3 Å². The smallest absolute Gasteiger partial charge is 0.307 e. The van der Waals surface area contributed by atoms with E-state index in [1.54, 1.807) is 11.5 Å². The molecule has 0 radical (unpaired) electrons. The average Bonchev–Trinajstić information content (AvgIpc) is 3.09. The van der Waals surface area contributed by atoms with Crippen molar-refractivity contribution in [2.45, 2.75) is 64.3 Å². The normalized spacial score (nSPS) is 26.4. The van der Waals surface area contributed by atoms with Gasteiger partial charge in [0.05, 0.1) is 17.8 Å². The summed E-state index contributed by atoms with van der Waals surface area (Å²) >= 11 is -1.30. The number of rotatable bonds is 6. The van der Waals surface area contributed by atoms with Crippen molar-refractivity contribution in [2.75, 3.05) is 13.1 Å². The van der Waals surface area contributed by atoms with Gasteiger partial charge in [0.15, 0.2) is 0 Å². The van der Waals surface area contributed by atoms with Gasteiger partial charge in [-0.15, -0.1) is 4.31 Å². The standard InChI is InChI=1S/C25H33N3O4S/c1-17-3-6-21(7-4-17)23-26-24(31)25(27-23)10-12-28(13-11-25)33(32)14-9-20-8-5-19(15-18(20)2)16-22(29)30/h5,8-9,14-15,17,21H,3-4,6-7,10-13,16H2,1-2H3,(H,29,30)(H,26,27,31)/b14-9+/t17?,21?,33-/m0/s1. The van der Waals surface area contributed by atoms with Crippen LogP contribution in [0.4, 0.5) is 0 Å². The maximum atomic E-state index is 12.9. The molecule has 33 heavy (non-hydrogen) atoms. The lowest BCUT2D eigenvalue weighted by atomic mass is 9.82. The van der Waals surface area contributed by atoms with Crippen LogP contribution in [0.2, 0.25) is 0 Å². The molecule has 0 aromatic heterocycles. The number of carboxylic acid groups (broad SMARTS) is 1. The average molecular weight is 472 g/mol. The molecule has 1 amide bonds. The molecule has 1 saturated heterocycles. The van der Waals surface area contributed by atoms with Crippen LogP contribution >= 0.6 is 0 Å². The molecule has 1 aliphatic carbocycles. The first-order valence-electron chi connectivity index (χ1n) is 11.8. The topological polar surface area (TPSA) is 105 Å². The van der Waals surface area contributed by atoms with Gasteiger partial charge in [0, 0.05) is 19.0 Å². The number of piperidine rings is 1. The fourth-order valence-electron chi connectivity index (χ4n) is 5.07. The molecule has 0 bridgehead atoms. The number of aliphatic carboxylic acids is 1. The van der Waals surface area contributed by atoms with E-state index in [2.05, 4.69) is 12.2 Å². The minimum Gasteiger partial charge on any atom is -0.593 e. The van der Waals surface area contributed by atoms with E-state index >= 15 is 0 Å². The second-order valence-electron chi connectivity index (χ2n) is 9.71. The second-order valence-corrected chi connectivity index (χ2v) is 11.0. The van der Waals surface area contributed by atoms with E-state index < -0.39 is 22.9 Å². The molecule has 7 nitrogen and oxygen atoms in total. The molecule has 2 N–H and O–H groups in total. The maximum absolute atomic E-state index is 12.9. The maximum Gasteiger partial charge on any atom is 0.307 e. The van der Waals surface area contributed by atoms with Crippen LogP contribution in [0.3, 0.4) is 0 Å². The van der Waals surface area contributed by atoms with Crippen molar-refractivity contribution in [3.63, 3.8) is 0 Å². The molecular formula is C25H33N3O4S. The highest BCUT2D eigenvalue weighted by Gasteiger charge is 2.48. The van der Waals surface area contributed by atoms with Crippen LogP contribution in [-0.2, 0) is 27.4 Å². The second kappa shape index (κ2) is 9.99. The molecule has 3 aliphatic rings. The lowest BCUT2D eigenvalue weighted by Crippen LogP contribution is -2.50. The van der Waals surface area contributed by atoms with Gasteiger partial charge in [-0.05, 0) is 61.3 Å². The Morgan fingerprint density at radius 3 is 2.64 bits per heavy atom. The number of hydrogen-bond donors (Lipinski definition) is 2. The Morgan fingerprint density at radius 1 is 1.30 bits per heavy atom. The van der Waals surface area contributed by atoms with Gasteiger partial charge in [0.2, 0.25) is 0 Å². The summed E-state index contributed by atoms with van der Waals surface area (Å²) in [5.74, 6) is 1.15. The van der Waals surface area contributed by atoms with Gasteiger partial charge in [-0.2, -0.15) is 0 Å². The monoisotopic (exact) mass is 471 g/mol. The van der Waals surface area contributed by atoms with Gasteiger partial charge < -0.3 is 15.0 Å². The van der Waals surface area contributed by atoms with Crippen LogP contribution in [0.5, 0.6) is 0 Å². The third-order valence-electron chi connectivity index (χ3n) is 7.26. The van der Waals surface area contributed by atoms with Gasteiger partial charge in [0.1, 0.15) is 16.8 Å². The number of amidine groups is 1. The van der Waals surface area contributed by atoms with Crippen LogP contribution in [-0.4, -0.2) is 50.3 Å². The fraction of sp³-hybridized carbons (Fsp3) is 0.560. The van der Waals surface area contributed by atoms with E-state index in [1.807, 2.05) is 29.4 Å². The Bertz CT molecular complexity index is 960. The molecule has 2 fully saturated rings. The number of aryl methyl sites for hydroxylation is 1. The van der Waals surface area contributed by atoms with Gasteiger partial charge in [-0.25, -0.2) is 0 Å². The molecule has 4 rings (SSSR count). The number of carbonyl (C=O) groups is 2. The molecule has 1 atom stereocenters. The number of hydrogen-bond acceptors (Lipinski definition) is 5. The molecule has 1 aromatic carbocycles. The lowest BCUT2D eigenvalue weighted by Gasteiger charge is -2.34. The van der Waals surface area contributed by atoms with E-state index in [-0.39, 0.29) is 12.3 Å². The summed E-state index contributed by atoms with van der Waals surface area (Å²) in [5, 5.41) is 13.7. The van der Waals surface area contributed by atoms with Crippen molar-refractivity contribution < 1.29 is 19.2 Å². The third-order valence-corrected chi connectivity index (χ3v) is 8.50. The van der Waals surface area contributed by atoms with Crippen molar-refractivity contribution in [2.24, 2.45) is 16.8 Å². The fourth-order valence-corrected chi connectivity index (χ4v) is 6.05. The minimum atomic E-state index is -1.30. The zero-order chi connectivity index (χ0) is 23.6. The molecule has 8 heteroatoms. The van der Waals surface area contributed by atoms with Crippen LogP contribution in [0.25, 0.3) is 6.08 Å². The van der Waals surface area contributed by atoms with Crippen molar-refractivity contribution in [3.8, 4) is 0 Å². The number of carbonyl (C=O) groups excluding carboxylic acids is 1. The molecule has 2 heterocycles. The molecule has 1 saturated carbocycles. The lowest BCUT2D eigenvalue weighted by molar-refractivity contribution is -0.136. The van der Waals surface area contributed by atoms with E-state index in [9.17, 15) is 14.1 Å². The van der Waals surface area contributed by atoms with E-state index in [0.29, 0.717) is 31.8 Å². The van der Waals surface area contributed by atoms with Gasteiger partial charge in [0.25, 0.3) is 5.91 Å². The summed E-state index contributed by atoms with van der Waals surface area (Å²) < 4.78 is 14.7. The quantitative estimate of drug-likeness (QED) is 0.619. The Balaban J connectivity index is 1.35. The highest BCUT2D eigenvalue weighted by molar-refractivity contribution is 7.92. The predicted octanol–water partition coefficient (Wildman–Crippen LogP) is 3.45. The summed E-state index contributed by atoms with van der Waals surface area (Å²) in [6.45, 7) is 5.31. The Hall–Kier alpha value is -2.16. The molecule has 1 aromatic rings. The molecular weight excluding hydrogens is 438 g/mol. The van der Waals surface area contributed by atoms with Crippen molar-refractivity contribution in [1.29, 1.82) is 0 Å². The SMILES string of the molecule is Cc1cc(CC(=O)O)ccc1/C=C/[S@+]([O-])N1CCC2(CC1)N=C(C1CCC(C)CC1)NC2=O. The number of aliphatic imine (C=N–C) groups is 1. The van der Waals surface area contributed by atoms with Crippen molar-refractivity contribution >= 4 is 35.2 Å². The van der Waals surface area contributed by atoms with E-state index in [1.165, 1.54) is 12.8 Å². The highest BCUT2D eigenvalue weighted by Crippen LogP contribution is 2.36. The zero-order valence-electron chi connectivity index (χ0n) is 19.4. The molecule has 0 unspecified atom stereocenters. The van der Waals surface area contributed by atoms with Gasteiger partial charge in [-0.1, -0.05) is 38.0 Å². The minimum absolute atomic E-state index is 0.00849. The summed E-state index contributed by atoms with van der Waals surface area (Å²) in [4.78, 5) is 28.6.